The summed E-state index contributed by atoms with van der Waals surface area (Å²) >= 11 is 0. The summed E-state index contributed by atoms with van der Waals surface area (Å²) in [6, 6.07) is 14.7. The fourth-order valence-electron chi connectivity index (χ4n) is 2.38. The lowest BCUT2D eigenvalue weighted by Crippen LogP contribution is -2.32. The standard InChI is InChI=1S/C20H25NO3/c1-3-11-21-13-17(22)14-24-19-10-9-15(2)12-18(19)20(23)16-7-5-4-6-8-16/h4-10,12,17,21-22H,3,11,13-14H2,1-2H3/t17-/m1/s1. The molecule has 0 radical (unpaired) electrons. The monoisotopic (exact) mass is 327 g/mol. The van der Waals surface area contributed by atoms with Gasteiger partial charge in [0.2, 0.25) is 0 Å². The number of ketones is 1. The van der Waals surface area contributed by atoms with E-state index in [1.54, 1.807) is 18.2 Å². The van der Waals surface area contributed by atoms with Crippen LogP contribution in [0.5, 0.6) is 5.75 Å². The van der Waals surface area contributed by atoms with Crippen molar-refractivity contribution < 1.29 is 14.6 Å². The molecular weight excluding hydrogens is 302 g/mol. The molecule has 0 spiro atoms. The lowest BCUT2D eigenvalue weighted by atomic mass is 10.0. The summed E-state index contributed by atoms with van der Waals surface area (Å²) in [5.74, 6) is 0.428. The Morgan fingerprint density at radius 3 is 2.67 bits per heavy atom. The van der Waals surface area contributed by atoms with E-state index < -0.39 is 6.10 Å². The van der Waals surface area contributed by atoms with E-state index in [1.807, 2.05) is 37.3 Å². The molecule has 128 valence electrons. The SMILES string of the molecule is CCCNC[C@@H](O)COc1ccc(C)cc1C(=O)c1ccccc1. The van der Waals surface area contributed by atoms with Crippen LogP contribution < -0.4 is 10.1 Å². The van der Waals surface area contributed by atoms with Gasteiger partial charge in [0.15, 0.2) is 5.78 Å². The number of carbonyl (C=O) groups is 1. The highest BCUT2D eigenvalue weighted by molar-refractivity contribution is 6.10. The van der Waals surface area contributed by atoms with Crippen molar-refractivity contribution in [3.8, 4) is 5.75 Å². The first-order valence-electron chi connectivity index (χ1n) is 8.33. The Hall–Kier alpha value is -2.17. The van der Waals surface area contributed by atoms with Crippen LogP contribution >= 0.6 is 0 Å². The van der Waals surface area contributed by atoms with Crippen molar-refractivity contribution in [1.82, 2.24) is 5.32 Å². The molecule has 0 aliphatic carbocycles. The molecule has 0 unspecified atom stereocenters. The van der Waals surface area contributed by atoms with Gasteiger partial charge < -0.3 is 15.2 Å². The number of carbonyl (C=O) groups excluding carboxylic acids is 1. The molecule has 0 amide bonds. The lowest BCUT2D eigenvalue weighted by molar-refractivity contribution is 0.0989. The molecule has 0 fully saturated rings. The van der Waals surface area contributed by atoms with Crippen LogP contribution in [0.4, 0.5) is 0 Å². The van der Waals surface area contributed by atoms with Crippen molar-refractivity contribution in [2.45, 2.75) is 26.4 Å². The van der Waals surface area contributed by atoms with Gasteiger partial charge in [0.1, 0.15) is 18.5 Å². The fraction of sp³-hybridized carbons (Fsp3) is 0.350. The normalized spacial score (nSPS) is 12.0. The van der Waals surface area contributed by atoms with E-state index in [9.17, 15) is 9.90 Å². The zero-order valence-corrected chi connectivity index (χ0v) is 14.3. The molecule has 0 aliphatic rings. The molecule has 2 aromatic rings. The largest absolute Gasteiger partial charge is 0.490 e. The third-order valence-electron chi connectivity index (χ3n) is 3.65. The van der Waals surface area contributed by atoms with Crippen molar-refractivity contribution in [2.75, 3.05) is 19.7 Å². The molecule has 1 atom stereocenters. The van der Waals surface area contributed by atoms with Gasteiger partial charge in [0, 0.05) is 12.1 Å². The maximum atomic E-state index is 12.7. The molecule has 2 N–H and O–H groups in total. The molecule has 2 rings (SSSR count). The number of nitrogens with one attached hydrogen (secondary N) is 1. The summed E-state index contributed by atoms with van der Waals surface area (Å²) in [7, 11) is 0. The van der Waals surface area contributed by atoms with Crippen LogP contribution in [0.1, 0.15) is 34.8 Å². The van der Waals surface area contributed by atoms with Gasteiger partial charge in [-0.3, -0.25) is 4.79 Å². The molecule has 0 aromatic heterocycles. The third-order valence-corrected chi connectivity index (χ3v) is 3.65. The summed E-state index contributed by atoms with van der Waals surface area (Å²) in [6.07, 6.45) is 0.402. The average molecular weight is 327 g/mol. The quantitative estimate of drug-likeness (QED) is 0.549. The molecule has 0 saturated carbocycles. The molecule has 2 aromatic carbocycles. The highest BCUT2D eigenvalue weighted by Gasteiger charge is 2.16. The Balaban J connectivity index is 2.09. The van der Waals surface area contributed by atoms with Gasteiger partial charge in [-0.1, -0.05) is 48.9 Å². The predicted molar refractivity (Wildman–Crippen MR) is 95.7 cm³/mol. The topological polar surface area (TPSA) is 58.6 Å². The second-order valence-corrected chi connectivity index (χ2v) is 5.86. The first kappa shape index (κ1) is 18.2. The van der Waals surface area contributed by atoms with E-state index in [0.29, 0.717) is 23.4 Å². The molecule has 0 aliphatic heterocycles. The summed E-state index contributed by atoms with van der Waals surface area (Å²) in [4.78, 5) is 12.7. The van der Waals surface area contributed by atoms with Crippen LogP contribution in [0.3, 0.4) is 0 Å². The van der Waals surface area contributed by atoms with E-state index in [1.165, 1.54) is 0 Å². The smallest absolute Gasteiger partial charge is 0.196 e. The third kappa shape index (κ3) is 5.18. The number of benzene rings is 2. The first-order chi connectivity index (χ1) is 11.6. The van der Waals surface area contributed by atoms with E-state index in [0.717, 1.165) is 18.5 Å². The Morgan fingerprint density at radius 2 is 1.96 bits per heavy atom. The minimum Gasteiger partial charge on any atom is -0.490 e. The van der Waals surface area contributed by atoms with E-state index >= 15 is 0 Å². The van der Waals surface area contributed by atoms with Crippen molar-refractivity contribution >= 4 is 5.78 Å². The highest BCUT2D eigenvalue weighted by Crippen LogP contribution is 2.23. The number of hydrogen-bond donors (Lipinski definition) is 2. The first-order valence-corrected chi connectivity index (χ1v) is 8.33. The van der Waals surface area contributed by atoms with Crippen LogP contribution in [0, 0.1) is 6.92 Å². The molecule has 0 heterocycles. The van der Waals surface area contributed by atoms with Crippen molar-refractivity contribution in [3.63, 3.8) is 0 Å². The Bertz CT molecular complexity index is 655. The Labute approximate surface area is 143 Å². The number of aryl methyl sites for hydroxylation is 1. The van der Waals surface area contributed by atoms with Gasteiger partial charge in [0.05, 0.1) is 5.56 Å². The average Bonchev–Trinajstić information content (AvgIpc) is 2.61. The summed E-state index contributed by atoms with van der Waals surface area (Å²) < 4.78 is 5.72. The molecule has 0 saturated heterocycles. The fourth-order valence-corrected chi connectivity index (χ4v) is 2.38. The van der Waals surface area contributed by atoms with Gasteiger partial charge in [-0.05, 0) is 32.0 Å². The van der Waals surface area contributed by atoms with Crippen LogP contribution in [0.15, 0.2) is 48.5 Å². The number of aliphatic hydroxyl groups is 1. The number of hydrogen-bond acceptors (Lipinski definition) is 4. The minimum atomic E-state index is -0.613. The van der Waals surface area contributed by atoms with E-state index in [2.05, 4.69) is 12.2 Å². The molecule has 4 nitrogen and oxygen atoms in total. The van der Waals surface area contributed by atoms with Gasteiger partial charge in [-0.2, -0.15) is 0 Å². The molecule has 24 heavy (non-hydrogen) atoms. The lowest BCUT2D eigenvalue weighted by Gasteiger charge is -2.15. The molecular formula is C20H25NO3. The second kappa shape index (κ2) is 9.21. The van der Waals surface area contributed by atoms with E-state index in [-0.39, 0.29) is 12.4 Å². The molecule has 0 bridgehead atoms. The van der Waals surface area contributed by atoms with E-state index in [4.69, 9.17) is 4.74 Å². The van der Waals surface area contributed by atoms with Crippen molar-refractivity contribution in [1.29, 1.82) is 0 Å². The second-order valence-electron chi connectivity index (χ2n) is 5.86. The zero-order valence-electron chi connectivity index (χ0n) is 14.3. The van der Waals surface area contributed by atoms with Gasteiger partial charge >= 0.3 is 0 Å². The van der Waals surface area contributed by atoms with Crippen molar-refractivity contribution in [2.24, 2.45) is 0 Å². The summed E-state index contributed by atoms with van der Waals surface area (Å²) in [5.41, 5.74) is 2.14. The number of aliphatic hydroxyl groups excluding tert-OH is 1. The summed E-state index contributed by atoms with van der Waals surface area (Å²) in [5, 5.41) is 13.1. The van der Waals surface area contributed by atoms with Crippen LogP contribution in [0.25, 0.3) is 0 Å². The maximum Gasteiger partial charge on any atom is 0.196 e. The van der Waals surface area contributed by atoms with Gasteiger partial charge in [-0.15, -0.1) is 0 Å². The predicted octanol–water partition coefficient (Wildman–Crippen LogP) is 2.97. The minimum absolute atomic E-state index is 0.0760. The van der Waals surface area contributed by atoms with Crippen LogP contribution in [0.2, 0.25) is 0 Å². The van der Waals surface area contributed by atoms with Crippen molar-refractivity contribution in [3.05, 3.63) is 65.2 Å². The maximum absolute atomic E-state index is 12.7. The molecule has 4 heteroatoms. The Kier molecular flexibility index (Phi) is 6.97. The number of rotatable bonds is 9. The van der Waals surface area contributed by atoms with Gasteiger partial charge in [-0.25, -0.2) is 0 Å². The van der Waals surface area contributed by atoms with Crippen LogP contribution in [-0.2, 0) is 0 Å². The van der Waals surface area contributed by atoms with Crippen LogP contribution in [-0.4, -0.2) is 36.7 Å². The number of ether oxygens (including phenoxy) is 1. The van der Waals surface area contributed by atoms with Gasteiger partial charge in [0.25, 0.3) is 0 Å². The zero-order chi connectivity index (χ0) is 17.4. The summed E-state index contributed by atoms with van der Waals surface area (Å²) in [6.45, 7) is 5.49. The Morgan fingerprint density at radius 1 is 1.21 bits per heavy atom. The highest BCUT2D eigenvalue weighted by atomic mass is 16.5.